The van der Waals surface area contributed by atoms with Crippen LogP contribution in [0.5, 0.6) is 5.88 Å². The van der Waals surface area contributed by atoms with Crippen molar-refractivity contribution in [3.05, 3.63) is 112 Å². The predicted octanol–water partition coefficient (Wildman–Crippen LogP) is 6.64. The van der Waals surface area contributed by atoms with Crippen molar-refractivity contribution >= 4 is 28.6 Å². The van der Waals surface area contributed by atoms with Crippen LogP contribution < -0.4 is 4.74 Å². The third-order valence-electron chi connectivity index (χ3n) is 7.21. The second-order valence-corrected chi connectivity index (χ2v) is 10.3. The molecular formula is C32H27ClFN3O4. The van der Waals surface area contributed by atoms with Crippen molar-refractivity contribution in [2.24, 2.45) is 0 Å². The van der Waals surface area contributed by atoms with E-state index >= 15 is 0 Å². The summed E-state index contributed by atoms with van der Waals surface area (Å²) in [5.74, 6) is 0.503. The molecule has 0 aliphatic carbocycles. The summed E-state index contributed by atoms with van der Waals surface area (Å²) in [5.41, 5.74) is 5.38. The summed E-state index contributed by atoms with van der Waals surface area (Å²) in [4.78, 5) is 21.4. The third-order valence-corrected chi connectivity index (χ3v) is 7.44. The van der Waals surface area contributed by atoms with Gasteiger partial charge in [-0.15, -0.1) is 0 Å². The number of esters is 1. The van der Waals surface area contributed by atoms with Crippen LogP contribution in [0.15, 0.2) is 79.0 Å². The van der Waals surface area contributed by atoms with Crippen LogP contribution in [0.25, 0.3) is 22.2 Å². The third kappa shape index (κ3) is 5.80. The van der Waals surface area contributed by atoms with Crippen molar-refractivity contribution < 1.29 is 23.4 Å². The number of ether oxygens (including phenoxy) is 3. The Kier molecular flexibility index (Phi) is 7.67. The molecule has 0 radical (unpaired) electrons. The monoisotopic (exact) mass is 571 g/mol. The zero-order valence-electron chi connectivity index (χ0n) is 22.3. The Morgan fingerprint density at radius 1 is 1.12 bits per heavy atom. The second-order valence-electron chi connectivity index (χ2n) is 9.87. The van der Waals surface area contributed by atoms with Gasteiger partial charge in [-0.25, -0.2) is 19.2 Å². The minimum Gasteiger partial charge on any atom is -0.472 e. The van der Waals surface area contributed by atoms with Gasteiger partial charge in [-0.2, -0.15) is 0 Å². The van der Waals surface area contributed by atoms with Crippen molar-refractivity contribution in [1.82, 2.24) is 14.5 Å². The number of pyridine rings is 1. The highest BCUT2D eigenvalue weighted by Crippen LogP contribution is 2.30. The highest BCUT2D eigenvalue weighted by atomic mass is 35.5. The molecular weight excluding hydrogens is 545 g/mol. The number of imidazole rings is 1. The maximum absolute atomic E-state index is 14.2. The van der Waals surface area contributed by atoms with E-state index in [4.69, 9.17) is 30.8 Å². The lowest BCUT2D eigenvalue weighted by Gasteiger charge is -2.27. The first-order valence-electron chi connectivity index (χ1n) is 13.3. The minimum atomic E-state index is -0.421. The summed E-state index contributed by atoms with van der Waals surface area (Å²) < 4.78 is 32.9. The average Bonchev–Trinajstić information content (AvgIpc) is 3.30. The molecule has 9 heteroatoms. The number of fused-ring (bicyclic) bond motifs is 1. The van der Waals surface area contributed by atoms with Crippen LogP contribution in [0.1, 0.15) is 33.7 Å². The molecule has 1 aliphatic heterocycles. The SMILES string of the molecule is COC(=O)c1ccc2nc(Cc3ccc(-c4cccnc4OCc4ccc(Cl)cc4F)cc3)n(CC3CCO3)c2c1. The quantitative estimate of drug-likeness (QED) is 0.185. The summed E-state index contributed by atoms with van der Waals surface area (Å²) in [6.07, 6.45) is 3.36. The van der Waals surface area contributed by atoms with Crippen molar-refractivity contribution in [3.8, 4) is 17.0 Å². The fourth-order valence-electron chi connectivity index (χ4n) is 4.88. The molecule has 7 nitrogen and oxygen atoms in total. The largest absolute Gasteiger partial charge is 0.472 e. The molecule has 0 bridgehead atoms. The molecule has 1 atom stereocenters. The van der Waals surface area contributed by atoms with Gasteiger partial charge in [0.2, 0.25) is 5.88 Å². The number of methoxy groups -OCH3 is 1. The molecule has 3 aromatic carbocycles. The summed E-state index contributed by atoms with van der Waals surface area (Å²) in [7, 11) is 1.38. The Labute approximate surface area is 241 Å². The van der Waals surface area contributed by atoms with Crippen LogP contribution in [0.2, 0.25) is 5.02 Å². The van der Waals surface area contributed by atoms with E-state index in [1.54, 1.807) is 24.4 Å². The predicted molar refractivity (Wildman–Crippen MR) is 154 cm³/mol. The topological polar surface area (TPSA) is 75.5 Å². The first kappa shape index (κ1) is 26.9. The molecule has 6 rings (SSSR count). The van der Waals surface area contributed by atoms with E-state index in [0.29, 0.717) is 35.0 Å². The molecule has 208 valence electrons. The van der Waals surface area contributed by atoms with Gasteiger partial charge in [0.05, 0.1) is 36.4 Å². The number of carbonyl (C=O) groups excluding carboxylic acids is 1. The summed E-state index contributed by atoms with van der Waals surface area (Å²) in [6.45, 7) is 1.46. The van der Waals surface area contributed by atoms with Crippen molar-refractivity contribution in [1.29, 1.82) is 0 Å². The number of rotatable bonds is 9. The Hall–Kier alpha value is -4.27. The van der Waals surface area contributed by atoms with Crippen LogP contribution in [0, 0.1) is 5.82 Å². The summed E-state index contributed by atoms with van der Waals surface area (Å²) in [5, 5.41) is 0.336. The number of hydrogen-bond acceptors (Lipinski definition) is 6. The Balaban J connectivity index is 1.24. The zero-order valence-corrected chi connectivity index (χ0v) is 23.1. The standard InChI is InChI=1S/C32H27ClFN3O4/c1-39-32(38)22-9-11-28-29(16-22)37(18-25-12-14-40-25)30(36-28)15-20-4-6-21(7-5-20)26-3-2-13-35-31(26)41-19-23-8-10-24(33)17-27(23)34/h2-11,13,16-17,25H,12,14-15,18-19H2,1H3. The average molecular weight is 572 g/mol. The number of carbonyl (C=O) groups is 1. The molecule has 0 N–H and O–H groups in total. The minimum absolute atomic E-state index is 0.0315. The molecule has 3 heterocycles. The highest BCUT2D eigenvalue weighted by molar-refractivity contribution is 6.30. The molecule has 0 amide bonds. The molecule has 1 unspecified atom stereocenters. The van der Waals surface area contributed by atoms with Crippen molar-refractivity contribution in [2.75, 3.05) is 13.7 Å². The van der Waals surface area contributed by atoms with E-state index < -0.39 is 5.82 Å². The molecule has 1 saturated heterocycles. The van der Waals surface area contributed by atoms with E-state index in [2.05, 4.69) is 9.55 Å². The lowest BCUT2D eigenvalue weighted by atomic mass is 10.0. The van der Waals surface area contributed by atoms with Crippen molar-refractivity contribution in [2.45, 2.75) is 32.1 Å². The fourth-order valence-corrected chi connectivity index (χ4v) is 5.04. The number of halogens is 2. The summed E-state index contributed by atoms with van der Waals surface area (Å²) in [6, 6.07) is 21.8. The van der Waals surface area contributed by atoms with Gasteiger partial charge in [-0.3, -0.25) is 0 Å². The van der Waals surface area contributed by atoms with E-state index in [9.17, 15) is 9.18 Å². The molecule has 1 aliphatic rings. The fraction of sp³-hybridized carbons (Fsp3) is 0.219. The Bertz CT molecular complexity index is 1720. The number of hydrogen-bond donors (Lipinski definition) is 0. The molecule has 2 aromatic heterocycles. The molecule has 0 saturated carbocycles. The van der Waals surface area contributed by atoms with Gasteiger partial charge >= 0.3 is 5.97 Å². The molecule has 5 aromatic rings. The number of benzene rings is 3. The van der Waals surface area contributed by atoms with E-state index in [0.717, 1.165) is 46.6 Å². The van der Waals surface area contributed by atoms with Gasteiger partial charge in [0.15, 0.2) is 0 Å². The molecule has 41 heavy (non-hydrogen) atoms. The Morgan fingerprint density at radius 2 is 1.95 bits per heavy atom. The maximum Gasteiger partial charge on any atom is 0.337 e. The highest BCUT2D eigenvalue weighted by Gasteiger charge is 2.23. The van der Waals surface area contributed by atoms with Gasteiger partial charge in [0.1, 0.15) is 18.2 Å². The van der Waals surface area contributed by atoms with Gasteiger partial charge in [0.25, 0.3) is 0 Å². The summed E-state index contributed by atoms with van der Waals surface area (Å²) >= 11 is 5.87. The zero-order chi connectivity index (χ0) is 28.3. The van der Waals surface area contributed by atoms with Gasteiger partial charge in [0, 0.05) is 35.4 Å². The Morgan fingerprint density at radius 3 is 2.68 bits per heavy atom. The molecule has 0 spiro atoms. The van der Waals surface area contributed by atoms with E-state index in [1.165, 1.54) is 13.2 Å². The number of aromatic nitrogens is 3. The van der Waals surface area contributed by atoms with Crippen LogP contribution in [0.4, 0.5) is 4.39 Å². The van der Waals surface area contributed by atoms with E-state index in [1.807, 2.05) is 48.5 Å². The van der Waals surface area contributed by atoms with Gasteiger partial charge in [-0.1, -0.05) is 41.9 Å². The van der Waals surface area contributed by atoms with E-state index in [-0.39, 0.29) is 18.7 Å². The van der Waals surface area contributed by atoms with Gasteiger partial charge < -0.3 is 18.8 Å². The second kappa shape index (κ2) is 11.7. The maximum atomic E-state index is 14.2. The first-order chi connectivity index (χ1) is 20.0. The van der Waals surface area contributed by atoms with Crippen molar-refractivity contribution in [3.63, 3.8) is 0 Å². The first-order valence-corrected chi connectivity index (χ1v) is 13.7. The normalized spacial score (nSPS) is 14.6. The van der Waals surface area contributed by atoms with Crippen LogP contribution in [-0.4, -0.2) is 40.3 Å². The molecule has 1 fully saturated rings. The van der Waals surface area contributed by atoms with Crippen LogP contribution in [-0.2, 0) is 29.0 Å². The smallest absolute Gasteiger partial charge is 0.337 e. The van der Waals surface area contributed by atoms with Crippen LogP contribution >= 0.6 is 11.6 Å². The van der Waals surface area contributed by atoms with Gasteiger partial charge in [-0.05, 0) is 60.0 Å². The van der Waals surface area contributed by atoms with Crippen LogP contribution in [0.3, 0.4) is 0 Å². The number of nitrogens with zero attached hydrogens (tertiary/aromatic N) is 3. The lowest BCUT2D eigenvalue weighted by Crippen LogP contribution is -2.31. The lowest BCUT2D eigenvalue weighted by molar-refractivity contribution is -0.0589.